The Morgan fingerprint density at radius 3 is 2.82 bits per heavy atom. The Hall–Kier alpha value is -1.01. The maximum absolute atomic E-state index is 8.61. The van der Waals surface area contributed by atoms with Crippen LogP contribution >= 0.6 is 11.3 Å². The van der Waals surface area contributed by atoms with E-state index in [0.29, 0.717) is 10.8 Å². The highest BCUT2D eigenvalue weighted by atomic mass is 32.1. The Balaban J connectivity index is 2.42. The molecule has 56 valence electrons. The van der Waals surface area contributed by atoms with E-state index in [0.717, 1.165) is 5.69 Å². The molecule has 0 radical (unpaired) electrons. The molecule has 1 heterocycles. The van der Waals surface area contributed by atoms with Gasteiger partial charge < -0.3 is 5.73 Å². The first-order valence-electron chi connectivity index (χ1n) is 3.60. The molecule has 2 N–H and O–H groups in total. The summed E-state index contributed by atoms with van der Waals surface area (Å²) in [7, 11) is 0. The molecule has 1 aliphatic carbocycles. The first-order chi connectivity index (χ1) is 5.33. The summed E-state index contributed by atoms with van der Waals surface area (Å²) < 4.78 is 0. The van der Waals surface area contributed by atoms with Gasteiger partial charge in [-0.3, -0.25) is 0 Å². The summed E-state index contributed by atoms with van der Waals surface area (Å²) >= 11 is 1.46. The maximum atomic E-state index is 8.61. The van der Waals surface area contributed by atoms with Gasteiger partial charge in [0.15, 0.2) is 0 Å². The van der Waals surface area contributed by atoms with E-state index in [1.54, 1.807) is 0 Å². The zero-order valence-corrected chi connectivity index (χ0v) is 6.82. The fourth-order valence-electron chi connectivity index (χ4n) is 1.18. The molecule has 3 heteroatoms. The molecule has 0 saturated heterocycles. The van der Waals surface area contributed by atoms with Crippen LogP contribution in [0.4, 0.5) is 5.69 Å². The van der Waals surface area contributed by atoms with E-state index in [9.17, 15) is 0 Å². The van der Waals surface area contributed by atoms with Gasteiger partial charge in [-0.25, -0.2) is 0 Å². The fourth-order valence-corrected chi connectivity index (χ4v) is 2.04. The third-order valence-corrected chi connectivity index (χ3v) is 2.90. The van der Waals surface area contributed by atoms with Gasteiger partial charge in [0, 0.05) is 0 Å². The third kappa shape index (κ3) is 0.997. The SMILES string of the molecule is N#Cc1scc(C2CC2)c1N. The molecule has 1 fully saturated rings. The van der Waals surface area contributed by atoms with Crippen LogP contribution in [0.3, 0.4) is 0 Å². The number of nitrogens with two attached hydrogens (primary N) is 1. The van der Waals surface area contributed by atoms with Crippen LogP contribution in [0, 0.1) is 11.3 Å². The Bertz CT molecular complexity index is 317. The van der Waals surface area contributed by atoms with Crippen LogP contribution in [-0.2, 0) is 0 Å². The smallest absolute Gasteiger partial charge is 0.128 e. The van der Waals surface area contributed by atoms with Crippen molar-refractivity contribution in [1.29, 1.82) is 5.26 Å². The minimum Gasteiger partial charge on any atom is -0.397 e. The lowest BCUT2D eigenvalue weighted by Crippen LogP contribution is -1.89. The van der Waals surface area contributed by atoms with Crippen LogP contribution in [-0.4, -0.2) is 0 Å². The highest BCUT2D eigenvalue weighted by Gasteiger charge is 2.27. The molecule has 1 aromatic heterocycles. The Labute approximate surface area is 69.3 Å². The fraction of sp³-hybridized carbons (Fsp3) is 0.375. The predicted molar refractivity (Wildman–Crippen MR) is 45.4 cm³/mol. The standard InChI is InChI=1S/C8H8N2S/c9-3-7-8(10)6(4-11-7)5-1-2-5/h4-5H,1-2,10H2. The Kier molecular flexibility index (Phi) is 1.36. The summed E-state index contributed by atoms with van der Waals surface area (Å²) in [6.45, 7) is 0. The number of nitrogen functional groups attached to an aromatic ring is 1. The van der Waals surface area contributed by atoms with E-state index in [2.05, 4.69) is 6.07 Å². The van der Waals surface area contributed by atoms with Gasteiger partial charge in [0.2, 0.25) is 0 Å². The van der Waals surface area contributed by atoms with Crippen molar-refractivity contribution in [2.24, 2.45) is 0 Å². The first kappa shape index (κ1) is 6.68. The van der Waals surface area contributed by atoms with Gasteiger partial charge in [-0.2, -0.15) is 5.26 Å². The second kappa shape index (κ2) is 2.24. The van der Waals surface area contributed by atoms with Crippen LogP contribution in [0.5, 0.6) is 0 Å². The average Bonchev–Trinajstić information content (AvgIpc) is 2.77. The van der Waals surface area contributed by atoms with Crippen LogP contribution in [0.25, 0.3) is 0 Å². The molecule has 2 rings (SSSR count). The number of anilines is 1. The Morgan fingerprint density at radius 2 is 2.36 bits per heavy atom. The van der Waals surface area contributed by atoms with E-state index in [4.69, 9.17) is 11.0 Å². The Morgan fingerprint density at radius 1 is 1.64 bits per heavy atom. The quantitative estimate of drug-likeness (QED) is 0.690. The summed E-state index contributed by atoms with van der Waals surface area (Å²) in [5.74, 6) is 0.661. The molecule has 0 atom stereocenters. The van der Waals surface area contributed by atoms with Crippen LogP contribution in [0.15, 0.2) is 5.38 Å². The molecule has 11 heavy (non-hydrogen) atoms. The second-order valence-corrected chi connectivity index (χ2v) is 3.70. The number of nitrogens with zero attached hydrogens (tertiary/aromatic N) is 1. The number of nitriles is 1. The number of rotatable bonds is 1. The predicted octanol–water partition coefficient (Wildman–Crippen LogP) is 2.08. The molecule has 1 aromatic rings. The number of hydrogen-bond acceptors (Lipinski definition) is 3. The van der Waals surface area contributed by atoms with Crippen molar-refractivity contribution in [1.82, 2.24) is 0 Å². The van der Waals surface area contributed by atoms with Crippen molar-refractivity contribution in [3.63, 3.8) is 0 Å². The average molecular weight is 164 g/mol. The molecule has 1 saturated carbocycles. The van der Waals surface area contributed by atoms with Crippen molar-refractivity contribution in [2.75, 3.05) is 5.73 Å². The molecular formula is C8H8N2S. The van der Waals surface area contributed by atoms with Gasteiger partial charge in [-0.05, 0) is 29.7 Å². The second-order valence-electron chi connectivity index (χ2n) is 2.82. The monoisotopic (exact) mass is 164 g/mol. The van der Waals surface area contributed by atoms with Crippen LogP contribution < -0.4 is 5.73 Å². The summed E-state index contributed by atoms with van der Waals surface area (Å²) in [4.78, 5) is 0.673. The molecule has 2 nitrogen and oxygen atoms in total. The maximum Gasteiger partial charge on any atom is 0.128 e. The highest BCUT2D eigenvalue weighted by molar-refractivity contribution is 7.11. The lowest BCUT2D eigenvalue weighted by Gasteiger charge is -1.92. The summed E-state index contributed by atoms with van der Waals surface area (Å²) in [5, 5.41) is 10.6. The van der Waals surface area contributed by atoms with E-state index >= 15 is 0 Å². The minimum absolute atomic E-state index is 0.661. The minimum atomic E-state index is 0.661. The molecule has 0 amide bonds. The van der Waals surface area contributed by atoms with Crippen molar-refractivity contribution in [3.8, 4) is 6.07 Å². The highest BCUT2D eigenvalue weighted by Crippen LogP contribution is 2.45. The molecule has 0 spiro atoms. The number of thiophene rings is 1. The third-order valence-electron chi connectivity index (χ3n) is 1.98. The summed E-state index contributed by atoms with van der Waals surface area (Å²) in [6, 6.07) is 2.09. The van der Waals surface area contributed by atoms with Crippen molar-refractivity contribution in [3.05, 3.63) is 15.8 Å². The molecular weight excluding hydrogens is 156 g/mol. The molecule has 0 aromatic carbocycles. The van der Waals surface area contributed by atoms with E-state index in [1.807, 2.05) is 5.38 Å². The summed E-state index contributed by atoms with van der Waals surface area (Å²) in [6.07, 6.45) is 2.48. The van der Waals surface area contributed by atoms with Gasteiger partial charge >= 0.3 is 0 Å². The zero-order valence-electron chi connectivity index (χ0n) is 6.00. The van der Waals surface area contributed by atoms with E-state index < -0.39 is 0 Å². The van der Waals surface area contributed by atoms with Crippen LogP contribution in [0.2, 0.25) is 0 Å². The zero-order chi connectivity index (χ0) is 7.84. The molecule has 1 aliphatic rings. The molecule has 0 aliphatic heterocycles. The van der Waals surface area contributed by atoms with Crippen molar-refractivity contribution < 1.29 is 0 Å². The van der Waals surface area contributed by atoms with Crippen molar-refractivity contribution in [2.45, 2.75) is 18.8 Å². The summed E-state index contributed by atoms with van der Waals surface area (Å²) in [5.41, 5.74) is 7.67. The topological polar surface area (TPSA) is 49.8 Å². The lowest BCUT2D eigenvalue weighted by molar-refractivity contribution is 1.15. The normalized spacial score (nSPS) is 16.3. The van der Waals surface area contributed by atoms with Gasteiger partial charge in [0.05, 0.1) is 5.69 Å². The first-order valence-corrected chi connectivity index (χ1v) is 4.48. The van der Waals surface area contributed by atoms with Gasteiger partial charge in [0.25, 0.3) is 0 Å². The van der Waals surface area contributed by atoms with Gasteiger partial charge in [-0.15, -0.1) is 11.3 Å². The van der Waals surface area contributed by atoms with E-state index in [-0.39, 0.29) is 0 Å². The van der Waals surface area contributed by atoms with Crippen molar-refractivity contribution >= 4 is 17.0 Å². The van der Waals surface area contributed by atoms with Gasteiger partial charge in [-0.1, -0.05) is 0 Å². The molecule has 0 bridgehead atoms. The van der Waals surface area contributed by atoms with Gasteiger partial charge in [0.1, 0.15) is 10.9 Å². The largest absolute Gasteiger partial charge is 0.397 e. The molecule has 0 unspecified atom stereocenters. The van der Waals surface area contributed by atoms with E-state index in [1.165, 1.54) is 29.7 Å². The number of hydrogen-bond donors (Lipinski definition) is 1. The lowest BCUT2D eigenvalue weighted by atomic mass is 10.2. The van der Waals surface area contributed by atoms with Crippen LogP contribution in [0.1, 0.15) is 29.2 Å².